The van der Waals surface area contributed by atoms with E-state index < -0.39 is 11.4 Å². The highest BCUT2D eigenvalue weighted by Crippen LogP contribution is 2.63. The zero-order valence-corrected chi connectivity index (χ0v) is 12.8. The molecule has 1 aliphatic heterocycles. The van der Waals surface area contributed by atoms with Crippen molar-refractivity contribution in [2.24, 2.45) is 16.7 Å². The summed E-state index contributed by atoms with van der Waals surface area (Å²) < 4.78 is 5.12. The Bertz CT molecular complexity index is 440. The van der Waals surface area contributed by atoms with Crippen LogP contribution in [0.4, 0.5) is 0 Å². The third kappa shape index (κ3) is 2.45. The topological polar surface area (TPSA) is 66.8 Å². The third-order valence-electron chi connectivity index (χ3n) is 5.85. The van der Waals surface area contributed by atoms with Gasteiger partial charge in [0.2, 0.25) is 5.91 Å². The van der Waals surface area contributed by atoms with Crippen molar-refractivity contribution in [1.29, 1.82) is 0 Å². The molecule has 21 heavy (non-hydrogen) atoms. The summed E-state index contributed by atoms with van der Waals surface area (Å²) in [5, 5.41) is 9.56. The lowest BCUT2D eigenvalue weighted by Crippen LogP contribution is -2.52. The molecule has 5 heteroatoms. The molecule has 3 fully saturated rings. The third-order valence-corrected chi connectivity index (χ3v) is 5.85. The van der Waals surface area contributed by atoms with Crippen molar-refractivity contribution >= 4 is 11.9 Å². The summed E-state index contributed by atoms with van der Waals surface area (Å²) in [6.45, 7) is 1.19. The molecular formula is C16H25NO4. The van der Waals surface area contributed by atoms with E-state index in [4.69, 9.17) is 4.74 Å². The van der Waals surface area contributed by atoms with Crippen LogP contribution in [0.2, 0.25) is 0 Å². The Labute approximate surface area is 125 Å². The molecule has 0 aromatic rings. The van der Waals surface area contributed by atoms with Crippen LogP contribution in [0.5, 0.6) is 0 Å². The van der Waals surface area contributed by atoms with Gasteiger partial charge in [-0.2, -0.15) is 0 Å². The van der Waals surface area contributed by atoms with Gasteiger partial charge in [0.25, 0.3) is 0 Å². The number of hydrogen-bond donors (Lipinski definition) is 1. The SMILES string of the molecule is COCC1(C(=O)O)CCCN(C(=O)C2CC23CCCC3)C1. The molecule has 1 amide bonds. The van der Waals surface area contributed by atoms with Crippen LogP contribution in [0.3, 0.4) is 0 Å². The second kappa shape index (κ2) is 5.27. The first-order valence-electron chi connectivity index (χ1n) is 8.04. The van der Waals surface area contributed by atoms with E-state index in [1.807, 2.05) is 0 Å². The molecule has 2 aliphatic carbocycles. The highest BCUT2D eigenvalue weighted by molar-refractivity contribution is 5.84. The Morgan fingerprint density at radius 1 is 1.24 bits per heavy atom. The predicted octanol–water partition coefficient (Wildman–Crippen LogP) is 1.91. The van der Waals surface area contributed by atoms with E-state index in [2.05, 4.69) is 0 Å². The number of likely N-dealkylation sites (tertiary alicyclic amines) is 1. The van der Waals surface area contributed by atoms with Gasteiger partial charge in [-0.15, -0.1) is 0 Å². The number of ether oxygens (including phenoxy) is 1. The van der Waals surface area contributed by atoms with Gasteiger partial charge in [0.1, 0.15) is 5.41 Å². The number of carbonyl (C=O) groups excluding carboxylic acids is 1. The molecule has 0 radical (unpaired) electrons. The minimum Gasteiger partial charge on any atom is -0.481 e. The summed E-state index contributed by atoms with van der Waals surface area (Å²) in [5.74, 6) is -0.487. The smallest absolute Gasteiger partial charge is 0.313 e. The van der Waals surface area contributed by atoms with Gasteiger partial charge in [-0.1, -0.05) is 12.8 Å². The fourth-order valence-corrected chi connectivity index (χ4v) is 4.50. The molecule has 5 nitrogen and oxygen atoms in total. The normalized spacial score (nSPS) is 34.1. The van der Waals surface area contributed by atoms with Gasteiger partial charge in [-0.05, 0) is 37.5 Å². The van der Waals surface area contributed by atoms with E-state index in [1.54, 1.807) is 4.90 Å². The number of nitrogens with zero attached hydrogens (tertiary/aromatic N) is 1. The molecule has 2 unspecified atom stereocenters. The van der Waals surface area contributed by atoms with Gasteiger partial charge < -0.3 is 14.7 Å². The second-order valence-electron chi connectivity index (χ2n) is 7.21. The molecular weight excluding hydrogens is 270 g/mol. The highest BCUT2D eigenvalue weighted by Gasteiger charge is 2.60. The lowest BCUT2D eigenvalue weighted by atomic mass is 9.80. The molecule has 2 saturated carbocycles. The van der Waals surface area contributed by atoms with Crippen LogP contribution in [0, 0.1) is 16.7 Å². The average Bonchev–Trinajstić information content (AvgIpc) is 2.95. The van der Waals surface area contributed by atoms with E-state index in [0.29, 0.717) is 19.5 Å². The fourth-order valence-electron chi connectivity index (χ4n) is 4.50. The molecule has 2 atom stereocenters. The number of carboxylic acids is 1. The van der Waals surface area contributed by atoms with Crippen molar-refractivity contribution in [3.05, 3.63) is 0 Å². The summed E-state index contributed by atoms with van der Waals surface area (Å²) in [6, 6.07) is 0. The number of amides is 1. The van der Waals surface area contributed by atoms with Crippen molar-refractivity contribution in [3.63, 3.8) is 0 Å². The van der Waals surface area contributed by atoms with E-state index in [1.165, 1.54) is 32.8 Å². The van der Waals surface area contributed by atoms with E-state index in [0.717, 1.165) is 12.8 Å². The van der Waals surface area contributed by atoms with E-state index >= 15 is 0 Å². The maximum absolute atomic E-state index is 12.7. The van der Waals surface area contributed by atoms with Crippen LogP contribution < -0.4 is 0 Å². The summed E-state index contributed by atoms with van der Waals surface area (Å²) in [5.41, 5.74) is -0.637. The molecule has 0 bridgehead atoms. The molecule has 118 valence electrons. The number of carbonyl (C=O) groups is 2. The van der Waals surface area contributed by atoms with Crippen LogP contribution in [-0.2, 0) is 14.3 Å². The van der Waals surface area contributed by atoms with Crippen LogP contribution in [0.15, 0.2) is 0 Å². The fraction of sp³-hybridized carbons (Fsp3) is 0.875. The number of aliphatic carboxylic acids is 1. The van der Waals surface area contributed by atoms with E-state index in [-0.39, 0.29) is 23.8 Å². The maximum atomic E-state index is 12.7. The molecule has 3 rings (SSSR count). The van der Waals surface area contributed by atoms with Gasteiger partial charge in [0.05, 0.1) is 6.61 Å². The molecule has 0 aromatic heterocycles. The van der Waals surface area contributed by atoms with Gasteiger partial charge in [-0.25, -0.2) is 0 Å². The Kier molecular flexibility index (Phi) is 3.72. The molecule has 1 saturated heterocycles. The first-order valence-corrected chi connectivity index (χ1v) is 8.04. The summed E-state index contributed by atoms with van der Waals surface area (Å²) in [6.07, 6.45) is 7.21. The minimum atomic E-state index is -0.916. The lowest BCUT2D eigenvalue weighted by Gasteiger charge is -2.39. The summed E-state index contributed by atoms with van der Waals surface area (Å²) in [4.78, 5) is 26.2. The number of hydrogen-bond acceptors (Lipinski definition) is 3. The second-order valence-corrected chi connectivity index (χ2v) is 7.21. The first-order chi connectivity index (χ1) is 10.0. The Morgan fingerprint density at radius 2 is 1.95 bits per heavy atom. The monoisotopic (exact) mass is 295 g/mol. The van der Waals surface area contributed by atoms with Crippen LogP contribution in [0.25, 0.3) is 0 Å². The first kappa shape index (κ1) is 14.8. The Balaban J connectivity index is 1.68. The lowest BCUT2D eigenvalue weighted by molar-refractivity contribution is -0.159. The number of rotatable bonds is 4. The van der Waals surface area contributed by atoms with Crippen LogP contribution in [0.1, 0.15) is 44.9 Å². The minimum absolute atomic E-state index is 0.159. The predicted molar refractivity (Wildman–Crippen MR) is 76.8 cm³/mol. The number of carboxylic acid groups (broad SMARTS) is 1. The Hall–Kier alpha value is -1.10. The molecule has 1 heterocycles. The summed E-state index contributed by atoms with van der Waals surface area (Å²) in [7, 11) is 1.53. The number of piperidine rings is 1. The Morgan fingerprint density at radius 3 is 2.57 bits per heavy atom. The average molecular weight is 295 g/mol. The quantitative estimate of drug-likeness (QED) is 0.860. The van der Waals surface area contributed by atoms with Crippen LogP contribution >= 0.6 is 0 Å². The number of methoxy groups -OCH3 is 1. The van der Waals surface area contributed by atoms with Crippen molar-refractivity contribution in [3.8, 4) is 0 Å². The molecule has 0 aromatic carbocycles. The highest BCUT2D eigenvalue weighted by atomic mass is 16.5. The van der Waals surface area contributed by atoms with Gasteiger partial charge in [-0.3, -0.25) is 9.59 Å². The van der Waals surface area contributed by atoms with Gasteiger partial charge in [0, 0.05) is 26.1 Å². The van der Waals surface area contributed by atoms with Crippen molar-refractivity contribution in [1.82, 2.24) is 4.90 Å². The largest absolute Gasteiger partial charge is 0.481 e. The van der Waals surface area contributed by atoms with Crippen molar-refractivity contribution in [2.45, 2.75) is 44.9 Å². The zero-order chi connectivity index (χ0) is 15.1. The standard InChI is InChI=1S/C16H25NO4/c1-21-11-16(14(19)20)7-4-8-17(10-16)13(18)12-9-15(12)5-2-3-6-15/h12H,2-11H2,1H3,(H,19,20). The van der Waals surface area contributed by atoms with Crippen molar-refractivity contribution < 1.29 is 19.4 Å². The van der Waals surface area contributed by atoms with Crippen LogP contribution in [-0.4, -0.2) is 48.7 Å². The molecule has 1 N–H and O–H groups in total. The zero-order valence-electron chi connectivity index (χ0n) is 12.8. The van der Waals surface area contributed by atoms with E-state index in [9.17, 15) is 14.7 Å². The summed E-state index contributed by atoms with van der Waals surface area (Å²) >= 11 is 0. The molecule has 1 spiro atoms. The van der Waals surface area contributed by atoms with Gasteiger partial charge >= 0.3 is 5.97 Å². The molecule has 3 aliphatic rings. The van der Waals surface area contributed by atoms with Crippen molar-refractivity contribution in [2.75, 3.05) is 26.8 Å². The maximum Gasteiger partial charge on any atom is 0.313 e. The van der Waals surface area contributed by atoms with Gasteiger partial charge in [0.15, 0.2) is 0 Å².